The van der Waals surface area contributed by atoms with Gasteiger partial charge in [0.2, 0.25) is 0 Å². The van der Waals surface area contributed by atoms with Crippen LogP contribution in [0.4, 0.5) is 0 Å². The van der Waals surface area contributed by atoms with Crippen molar-refractivity contribution in [3.63, 3.8) is 0 Å². The molecule has 60 valence electrons. The summed E-state index contributed by atoms with van der Waals surface area (Å²) in [6, 6.07) is 8.55. The van der Waals surface area contributed by atoms with Gasteiger partial charge in [0.1, 0.15) is 0 Å². The molecule has 1 unspecified atom stereocenters. The molecule has 1 rings (SSSR count). The predicted octanol–water partition coefficient (Wildman–Crippen LogP) is 3.70. The van der Waals surface area contributed by atoms with Gasteiger partial charge < -0.3 is 0 Å². The molecule has 0 fully saturated rings. The normalized spacial score (nSPS) is 13.0. The average molecular weight is 213 g/mol. The number of alkyl halides is 1. The molecule has 1 heteroatoms. The van der Waals surface area contributed by atoms with Crippen molar-refractivity contribution < 1.29 is 0 Å². The zero-order chi connectivity index (χ0) is 8.27. The molecule has 11 heavy (non-hydrogen) atoms. The molecule has 0 nitrogen and oxygen atoms in total. The number of hydrogen-bond donors (Lipinski definition) is 0. The van der Waals surface area contributed by atoms with Gasteiger partial charge in [-0.1, -0.05) is 47.1 Å². The zero-order valence-electron chi connectivity index (χ0n) is 6.97. The lowest BCUT2D eigenvalue weighted by atomic mass is 10.0. The Hall–Kier alpha value is -0.300. The lowest BCUT2D eigenvalue weighted by Crippen LogP contribution is -1.91. The maximum Gasteiger partial charge on any atom is 0.0369 e. The van der Waals surface area contributed by atoms with Crippen molar-refractivity contribution in [3.05, 3.63) is 35.4 Å². The number of halogens is 1. The Morgan fingerprint density at radius 1 is 1.36 bits per heavy atom. The highest BCUT2D eigenvalue weighted by molar-refractivity contribution is 9.09. The first kappa shape index (κ1) is 8.79. The van der Waals surface area contributed by atoms with Gasteiger partial charge in [-0.25, -0.2) is 0 Å². The van der Waals surface area contributed by atoms with E-state index in [2.05, 4.69) is 54.0 Å². The highest BCUT2D eigenvalue weighted by atomic mass is 79.9. The summed E-state index contributed by atoms with van der Waals surface area (Å²) < 4.78 is 0. The van der Waals surface area contributed by atoms with Crippen molar-refractivity contribution in [2.45, 2.75) is 25.1 Å². The summed E-state index contributed by atoms with van der Waals surface area (Å²) in [4.78, 5) is 0.471. The van der Waals surface area contributed by atoms with Crippen molar-refractivity contribution in [2.75, 3.05) is 0 Å². The van der Waals surface area contributed by atoms with E-state index in [4.69, 9.17) is 0 Å². The van der Waals surface area contributed by atoms with E-state index >= 15 is 0 Å². The SMILES string of the molecule is CCc1ccccc1C(C)Br. The summed E-state index contributed by atoms with van der Waals surface area (Å²) in [6.45, 7) is 4.35. The summed E-state index contributed by atoms with van der Waals surface area (Å²) in [7, 11) is 0. The highest BCUT2D eigenvalue weighted by Crippen LogP contribution is 2.24. The standard InChI is InChI=1S/C10H13Br/c1-3-9-6-4-5-7-10(9)8(2)11/h4-8H,3H2,1-2H3. The molecule has 1 aromatic carbocycles. The van der Waals surface area contributed by atoms with Crippen molar-refractivity contribution in [2.24, 2.45) is 0 Å². The molecule has 0 N–H and O–H groups in total. The molecule has 0 spiro atoms. The van der Waals surface area contributed by atoms with E-state index in [1.54, 1.807) is 0 Å². The van der Waals surface area contributed by atoms with E-state index in [1.807, 2.05) is 0 Å². The number of aryl methyl sites for hydroxylation is 1. The first-order valence-electron chi connectivity index (χ1n) is 3.97. The first-order valence-corrected chi connectivity index (χ1v) is 4.89. The third-order valence-electron chi connectivity index (χ3n) is 1.86. The molecule has 0 amide bonds. The van der Waals surface area contributed by atoms with E-state index in [-0.39, 0.29) is 0 Å². The second-order valence-electron chi connectivity index (χ2n) is 2.67. The fourth-order valence-corrected chi connectivity index (χ4v) is 1.69. The van der Waals surface area contributed by atoms with Crippen molar-refractivity contribution in [1.29, 1.82) is 0 Å². The Morgan fingerprint density at radius 2 is 2.00 bits per heavy atom. The van der Waals surface area contributed by atoms with Crippen LogP contribution in [0.15, 0.2) is 24.3 Å². The molecule has 1 atom stereocenters. The minimum Gasteiger partial charge on any atom is -0.0842 e. The number of hydrogen-bond acceptors (Lipinski definition) is 0. The third-order valence-corrected chi connectivity index (χ3v) is 2.36. The number of rotatable bonds is 2. The van der Waals surface area contributed by atoms with Crippen molar-refractivity contribution in [1.82, 2.24) is 0 Å². The molecular formula is C10H13Br. The molecule has 0 aliphatic heterocycles. The summed E-state index contributed by atoms with van der Waals surface area (Å²) in [5.41, 5.74) is 2.85. The van der Waals surface area contributed by atoms with Crippen LogP contribution in [0.5, 0.6) is 0 Å². The Bertz CT molecular complexity index is 228. The first-order chi connectivity index (χ1) is 5.25. The molecule has 1 aromatic rings. The van der Waals surface area contributed by atoms with E-state index in [0.29, 0.717) is 4.83 Å². The maximum absolute atomic E-state index is 3.57. The molecule has 0 saturated heterocycles. The Labute approximate surface area is 76.8 Å². The molecule has 0 radical (unpaired) electrons. The summed E-state index contributed by atoms with van der Waals surface area (Å²) in [5, 5.41) is 0. The van der Waals surface area contributed by atoms with E-state index < -0.39 is 0 Å². The Balaban J connectivity index is 3.02. The van der Waals surface area contributed by atoms with Crippen molar-refractivity contribution in [3.8, 4) is 0 Å². The fourth-order valence-electron chi connectivity index (χ4n) is 1.24. The van der Waals surface area contributed by atoms with Gasteiger partial charge in [0, 0.05) is 4.83 Å². The predicted molar refractivity (Wildman–Crippen MR) is 53.2 cm³/mol. The monoisotopic (exact) mass is 212 g/mol. The summed E-state index contributed by atoms with van der Waals surface area (Å²) >= 11 is 3.57. The van der Waals surface area contributed by atoms with Gasteiger partial charge in [0.25, 0.3) is 0 Å². The second kappa shape index (κ2) is 3.91. The summed E-state index contributed by atoms with van der Waals surface area (Å²) in [5.74, 6) is 0. The van der Waals surface area contributed by atoms with E-state index in [1.165, 1.54) is 11.1 Å². The Morgan fingerprint density at radius 3 is 2.45 bits per heavy atom. The molecule has 0 saturated carbocycles. The maximum atomic E-state index is 3.57. The van der Waals surface area contributed by atoms with E-state index in [9.17, 15) is 0 Å². The van der Waals surface area contributed by atoms with Crippen LogP contribution in [-0.4, -0.2) is 0 Å². The molecule has 0 aliphatic carbocycles. The van der Waals surface area contributed by atoms with Crippen molar-refractivity contribution >= 4 is 15.9 Å². The van der Waals surface area contributed by atoms with Crippen LogP contribution in [0.25, 0.3) is 0 Å². The van der Waals surface area contributed by atoms with Gasteiger partial charge in [-0.2, -0.15) is 0 Å². The van der Waals surface area contributed by atoms with Crippen LogP contribution >= 0.6 is 15.9 Å². The van der Waals surface area contributed by atoms with Gasteiger partial charge in [0.15, 0.2) is 0 Å². The van der Waals surface area contributed by atoms with Crippen LogP contribution in [0, 0.1) is 0 Å². The van der Waals surface area contributed by atoms with Gasteiger partial charge >= 0.3 is 0 Å². The molecule has 0 bridgehead atoms. The average Bonchev–Trinajstić information content (AvgIpc) is 2.04. The van der Waals surface area contributed by atoms with Crippen LogP contribution in [0.3, 0.4) is 0 Å². The van der Waals surface area contributed by atoms with Crippen LogP contribution in [-0.2, 0) is 6.42 Å². The minimum absolute atomic E-state index is 0.471. The molecular weight excluding hydrogens is 200 g/mol. The quantitative estimate of drug-likeness (QED) is 0.657. The largest absolute Gasteiger partial charge is 0.0842 e. The van der Waals surface area contributed by atoms with Gasteiger partial charge in [-0.15, -0.1) is 0 Å². The third kappa shape index (κ3) is 2.06. The van der Waals surface area contributed by atoms with Gasteiger partial charge in [-0.05, 0) is 24.5 Å². The molecule has 0 aliphatic rings. The molecule has 0 aromatic heterocycles. The molecule has 0 heterocycles. The lowest BCUT2D eigenvalue weighted by molar-refractivity contribution is 1.03. The second-order valence-corrected chi connectivity index (χ2v) is 4.04. The smallest absolute Gasteiger partial charge is 0.0369 e. The highest BCUT2D eigenvalue weighted by Gasteiger charge is 2.03. The van der Waals surface area contributed by atoms with Crippen LogP contribution in [0.2, 0.25) is 0 Å². The summed E-state index contributed by atoms with van der Waals surface area (Å²) in [6.07, 6.45) is 1.12. The Kier molecular flexibility index (Phi) is 3.13. The van der Waals surface area contributed by atoms with Crippen LogP contribution in [0.1, 0.15) is 29.8 Å². The topological polar surface area (TPSA) is 0 Å². The zero-order valence-corrected chi connectivity index (χ0v) is 8.56. The minimum atomic E-state index is 0.471. The fraction of sp³-hybridized carbons (Fsp3) is 0.400. The van der Waals surface area contributed by atoms with Gasteiger partial charge in [0.05, 0.1) is 0 Å². The van der Waals surface area contributed by atoms with Gasteiger partial charge in [-0.3, -0.25) is 0 Å². The van der Waals surface area contributed by atoms with Crippen LogP contribution < -0.4 is 0 Å². The lowest BCUT2D eigenvalue weighted by Gasteiger charge is -2.08. The van der Waals surface area contributed by atoms with E-state index in [0.717, 1.165) is 6.42 Å². The number of benzene rings is 1.